The molecule has 1 aromatic rings. The van der Waals surface area contributed by atoms with Crippen molar-refractivity contribution >= 4 is 12.2 Å². The van der Waals surface area contributed by atoms with Gasteiger partial charge in [0.05, 0.1) is 12.1 Å². The second kappa shape index (κ2) is 8.74. The highest BCUT2D eigenvalue weighted by Gasteiger charge is 2.38. The summed E-state index contributed by atoms with van der Waals surface area (Å²) in [6, 6.07) is 9.16. The standard InChI is InChI=1S/C20H28N2O4/c1-5-9-17-16(21-18(23)26-20(2,3)4)12-13-22(17)19(24)25-14-15-10-7-6-8-11-15/h5-8,10-11,16-17H,1,9,12-14H2,2-4H3,(H,21,23)/t16-,17+/m0/s1. The number of carbonyl (C=O) groups excluding carboxylic acids is 2. The summed E-state index contributed by atoms with van der Waals surface area (Å²) < 4.78 is 10.7. The molecule has 0 bridgehead atoms. The van der Waals surface area contributed by atoms with Crippen molar-refractivity contribution in [2.75, 3.05) is 6.54 Å². The highest BCUT2D eigenvalue weighted by Crippen LogP contribution is 2.23. The summed E-state index contributed by atoms with van der Waals surface area (Å²) in [5, 5.41) is 2.87. The van der Waals surface area contributed by atoms with E-state index in [1.807, 2.05) is 51.1 Å². The molecule has 2 amide bonds. The average Bonchev–Trinajstić information content (AvgIpc) is 2.95. The molecule has 1 N–H and O–H groups in total. The van der Waals surface area contributed by atoms with Crippen molar-refractivity contribution in [2.45, 2.75) is 57.9 Å². The van der Waals surface area contributed by atoms with E-state index in [9.17, 15) is 9.59 Å². The van der Waals surface area contributed by atoms with Crippen LogP contribution < -0.4 is 5.32 Å². The fourth-order valence-corrected chi connectivity index (χ4v) is 2.97. The van der Waals surface area contributed by atoms with Crippen LogP contribution in [-0.4, -0.2) is 41.3 Å². The summed E-state index contributed by atoms with van der Waals surface area (Å²) in [7, 11) is 0. The van der Waals surface area contributed by atoms with Crippen LogP contribution in [0.25, 0.3) is 0 Å². The molecule has 0 saturated carbocycles. The van der Waals surface area contributed by atoms with E-state index in [-0.39, 0.29) is 24.8 Å². The van der Waals surface area contributed by atoms with Gasteiger partial charge in [-0.2, -0.15) is 0 Å². The van der Waals surface area contributed by atoms with Gasteiger partial charge in [-0.05, 0) is 39.2 Å². The topological polar surface area (TPSA) is 67.9 Å². The van der Waals surface area contributed by atoms with Crippen molar-refractivity contribution in [1.29, 1.82) is 0 Å². The minimum Gasteiger partial charge on any atom is -0.445 e. The number of rotatable bonds is 5. The summed E-state index contributed by atoms with van der Waals surface area (Å²) >= 11 is 0. The van der Waals surface area contributed by atoms with Crippen molar-refractivity contribution < 1.29 is 19.1 Å². The molecule has 6 nitrogen and oxygen atoms in total. The van der Waals surface area contributed by atoms with Crippen LogP contribution in [0.5, 0.6) is 0 Å². The molecule has 2 atom stereocenters. The largest absolute Gasteiger partial charge is 0.445 e. The maximum atomic E-state index is 12.5. The van der Waals surface area contributed by atoms with Crippen LogP contribution in [0.3, 0.4) is 0 Å². The summed E-state index contributed by atoms with van der Waals surface area (Å²) in [4.78, 5) is 26.2. The van der Waals surface area contributed by atoms with Crippen molar-refractivity contribution in [1.82, 2.24) is 10.2 Å². The first-order chi connectivity index (χ1) is 12.3. The number of ether oxygens (including phenoxy) is 2. The zero-order valence-corrected chi connectivity index (χ0v) is 15.7. The van der Waals surface area contributed by atoms with Crippen LogP contribution in [0.15, 0.2) is 43.0 Å². The third-order valence-electron chi connectivity index (χ3n) is 4.10. The van der Waals surface area contributed by atoms with E-state index in [4.69, 9.17) is 9.47 Å². The molecule has 1 fully saturated rings. The van der Waals surface area contributed by atoms with Gasteiger partial charge in [0.1, 0.15) is 12.2 Å². The maximum Gasteiger partial charge on any atom is 0.410 e. The highest BCUT2D eigenvalue weighted by atomic mass is 16.6. The van der Waals surface area contributed by atoms with Gasteiger partial charge in [0.15, 0.2) is 0 Å². The highest BCUT2D eigenvalue weighted by molar-refractivity contribution is 5.70. The molecule has 0 spiro atoms. The molecule has 2 rings (SSSR count). The Morgan fingerprint density at radius 3 is 2.62 bits per heavy atom. The van der Waals surface area contributed by atoms with Gasteiger partial charge in [-0.3, -0.25) is 0 Å². The molecule has 1 aromatic carbocycles. The van der Waals surface area contributed by atoms with Crippen LogP contribution in [0.2, 0.25) is 0 Å². The maximum absolute atomic E-state index is 12.5. The van der Waals surface area contributed by atoms with Gasteiger partial charge in [0.25, 0.3) is 0 Å². The normalized spacial score (nSPS) is 19.7. The zero-order chi connectivity index (χ0) is 19.2. The lowest BCUT2D eigenvalue weighted by molar-refractivity contribution is 0.0482. The Kier molecular flexibility index (Phi) is 6.66. The third-order valence-corrected chi connectivity index (χ3v) is 4.10. The molecule has 6 heteroatoms. The molecule has 0 aromatic heterocycles. The zero-order valence-electron chi connectivity index (χ0n) is 15.7. The van der Waals surface area contributed by atoms with Gasteiger partial charge >= 0.3 is 12.2 Å². The molecular formula is C20H28N2O4. The predicted octanol–water partition coefficient (Wildman–Crippen LogP) is 3.87. The van der Waals surface area contributed by atoms with Crippen molar-refractivity contribution in [3.05, 3.63) is 48.6 Å². The van der Waals surface area contributed by atoms with Crippen molar-refractivity contribution in [2.24, 2.45) is 0 Å². The van der Waals surface area contributed by atoms with Crippen molar-refractivity contribution in [3.8, 4) is 0 Å². The third kappa shape index (κ3) is 5.79. The number of alkyl carbamates (subject to hydrolysis) is 1. The summed E-state index contributed by atoms with van der Waals surface area (Å²) in [5.41, 5.74) is 0.369. The number of hydrogen-bond acceptors (Lipinski definition) is 4. The fraction of sp³-hybridized carbons (Fsp3) is 0.500. The Bertz CT molecular complexity index is 624. The van der Waals surface area contributed by atoms with E-state index in [0.29, 0.717) is 19.4 Å². The Balaban J connectivity index is 1.94. The van der Waals surface area contributed by atoms with E-state index in [2.05, 4.69) is 11.9 Å². The number of carbonyl (C=O) groups is 2. The van der Waals surface area contributed by atoms with Crippen LogP contribution in [-0.2, 0) is 16.1 Å². The Labute approximate surface area is 155 Å². The summed E-state index contributed by atoms with van der Waals surface area (Å²) in [6.45, 7) is 9.95. The summed E-state index contributed by atoms with van der Waals surface area (Å²) in [5.74, 6) is 0. The molecule has 1 heterocycles. The lowest BCUT2D eigenvalue weighted by Crippen LogP contribution is -2.47. The minimum atomic E-state index is -0.565. The van der Waals surface area contributed by atoms with Gasteiger partial charge in [-0.1, -0.05) is 36.4 Å². The van der Waals surface area contributed by atoms with Gasteiger partial charge < -0.3 is 19.7 Å². The SMILES string of the molecule is C=CC[C@@H]1[C@@H](NC(=O)OC(C)(C)C)CCN1C(=O)OCc1ccccc1. The van der Waals surface area contributed by atoms with E-state index in [0.717, 1.165) is 5.56 Å². The van der Waals surface area contributed by atoms with E-state index in [1.54, 1.807) is 11.0 Å². The van der Waals surface area contributed by atoms with E-state index < -0.39 is 11.7 Å². The number of hydrogen-bond donors (Lipinski definition) is 1. The number of benzene rings is 1. The molecule has 1 aliphatic rings. The quantitative estimate of drug-likeness (QED) is 0.810. The Hall–Kier alpha value is -2.50. The number of likely N-dealkylation sites (tertiary alicyclic amines) is 1. The van der Waals surface area contributed by atoms with Gasteiger partial charge in [0.2, 0.25) is 0 Å². The second-order valence-electron chi connectivity index (χ2n) is 7.37. The smallest absolute Gasteiger partial charge is 0.410 e. The van der Waals surface area contributed by atoms with Crippen molar-refractivity contribution in [3.63, 3.8) is 0 Å². The molecule has 0 unspecified atom stereocenters. The average molecular weight is 360 g/mol. The Morgan fingerprint density at radius 1 is 1.31 bits per heavy atom. The monoisotopic (exact) mass is 360 g/mol. The first-order valence-electron chi connectivity index (χ1n) is 8.88. The first kappa shape index (κ1) is 19.8. The predicted molar refractivity (Wildman–Crippen MR) is 99.7 cm³/mol. The summed E-state index contributed by atoms with van der Waals surface area (Å²) in [6.07, 6.45) is 2.11. The van der Waals surface area contributed by atoms with Crippen LogP contribution in [0, 0.1) is 0 Å². The Morgan fingerprint density at radius 2 is 2.00 bits per heavy atom. The number of amides is 2. The molecular weight excluding hydrogens is 332 g/mol. The molecule has 0 aliphatic carbocycles. The first-order valence-corrected chi connectivity index (χ1v) is 8.88. The van der Waals surface area contributed by atoms with Crippen LogP contribution in [0.4, 0.5) is 9.59 Å². The number of nitrogens with zero attached hydrogens (tertiary/aromatic N) is 1. The molecule has 1 aliphatic heterocycles. The lowest BCUT2D eigenvalue weighted by atomic mass is 10.1. The molecule has 26 heavy (non-hydrogen) atoms. The lowest BCUT2D eigenvalue weighted by Gasteiger charge is -2.28. The molecule has 0 radical (unpaired) electrons. The fourth-order valence-electron chi connectivity index (χ4n) is 2.97. The van der Waals surface area contributed by atoms with Crippen LogP contribution >= 0.6 is 0 Å². The minimum absolute atomic E-state index is 0.188. The van der Waals surface area contributed by atoms with E-state index in [1.165, 1.54) is 0 Å². The molecule has 142 valence electrons. The number of nitrogens with one attached hydrogen (secondary N) is 1. The van der Waals surface area contributed by atoms with Crippen LogP contribution in [0.1, 0.15) is 39.2 Å². The van der Waals surface area contributed by atoms with Gasteiger partial charge in [-0.25, -0.2) is 9.59 Å². The van der Waals surface area contributed by atoms with E-state index >= 15 is 0 Å². The second-order valence-corrected chi connectivity index (χ2v) is 7.37. The molecule has 1 saturated heterocycles. The van der Waals surface area contributed by atoms with Gasteiger partial charge in [0, 0.05) is 6.54 Å². The van der Waals surface area contributed by atoms with Gasteiger partial charge in [-0.15, -0.1) is 6.58 Å².